The van der Waals surface area contributed by atoms with E-state index in [2.05, 4.69) is 63.6 Å². The molecule has 0 saturated heterocycles. The van der Waals surface area contributed by atoms with E-state index in [1.807, 2.05) is 11.8 Å². The number of hydrogen-bond acceptors (Lipinski definition) is 4. The lowest BCUT2D eigenvalue weighted by atomic mass is 10.2. The van der Waals surface area contributed by atoms with E-state index >= 15 is 0 Å². The molecule has 0 fully saturated rings. The van der Waals surface area contributed by atoms with Crippen molar-refractivity contribution in [2.45, 2.75) is 9.79 Å². The third-order valence-electron chi connectivity index (χ3n) is 2.75. The van der Waals surface area contributed by atoms with Crippen molar-refractivity contribution in [3.63, 3.8) is 0 Å². The zero-order chi connectivity index (χ0) is 12.9. The Kier molecular flexibility index (Phi) is 3.70. The van der Waals surface area contributed by atoms with Crippen molar-refractivity contribution in [1.29, 1.82) is 0 Å². The Hall–Kier alpha value is -1.94. The van der Waals surface area contributed by atoms with E-state index in [-0.39, 0.29) is 0 Å². The van der Waals surface area contributed by atoms with Crippen LogP contribution in [0.25, 0.3) is 0 Å². The number of ether oxygens (including phenoxy) is 1. The lowest BCUT2D eigenvalue weighted by molar-refractivity contribution is 0.361. The van der Waals surface area contributed by atoms with Gasteiger partial charge in [0.25, 0.3) is 0 Å². The molecule has 2 aromatic rings. The third kappa shape index (κ3) is 2.90. The molecular formula is C15H14N2OS. The molecule has 2 heterocycles. The molecule has 2 aliphatic heterocycles. The molecule has 0 aromatic heterocycles. The van der Waals surface area contributed by atoms with Gasteiger partial charge in [-0.2, -0.15) is 0 Å². The Bertz CT molecular complexity index is 505. The quantitative estimate of drug-likeness (QED) is 0.671. The van der Waals surface area contributed by atoms with Crippen molar-refractivity contribution in [2.75, 3.05) is 18.5 Å². The van der Waals surface area contributed by atoms with Crippen LogP contribution in [0.2, 0.25) is 0 Å². The molecule has 4 rings (SSSR count). The van der Waals surface area contributed by atoms with Crippen LogP contribution in [0.15, 0.2) is 63.3 Å². The monoisotopic (exact) mass is 270 g/mol. The van der Waals surface area contributed by atoms with Crippen LogP contribution in [-0.2, 0) is 4.74 Å². The largest absolute Gasteiger partial charge is 0.482 e. The van der Waals surface area contributed by atoms with Crippen molar-refractivity contribution < 1.29 is 4.74 Å². The van der Waals surface area contributed by atoms with Gasteiger partial charge in [-0.3, -0.25) is 4.99 Å². The molecule has 0 spiro atoms. The number of rotatable bonds is 0. The number of hydrogen-bond donors (Lipinski definition) is 1. The van der Waals surface area contributed by atoms with E-state index in [1.165, 1.54) is 27.6 Å². The van der Waals surface area contributed by atoms with Gasteiger partial charge in [0, 0.05) is 9.79 Å². The Morgan fingerprint density at radius 1 is 0.947 bits per heavy atom. The Labute approximate surface area is 116 Å². The summed E-state index contributed by atoms with van der Waals surface area (Å²) in [6.07, 6.45) is 1.49. The molecule has 0 aliphatic carbocycles. The smallest absolute Gasteiger partial charge is 0.169 e. The van der Waals surface area contributed by atoms with Gasteiger partial charge in [-0.25, -0.2) is 0 Å². The second-order valence-electron chi connectivity index (χ2n) is 4.10. The number of nitrogens with one attached hydrogen (secondary N) is 1. The van der Waals surface area contributed by atoms with Crippen molar-refractivity contribution in [1.82, 2.24) is 0 Å². The summed E-state index contributed by atoms with van der Waals surface area (Å²) < 4.78 is 4.65. The highest BCUT2D eigenvalue weighted by Gasteiger charge is 2.13. The van der Waals surface area contributed by atoms with Gasteiger partial charge < -0.3 is 10.1 Å². The lowest BCUT2D eigenvalue weighted by Gasteiger charge is -2.19. The first-order chi connectivity index (χ1) is 9.43. The Morgan fingerprint density at radius 2 is 1.58 bits per heavy atom. The van der Waals surface area contributed by atoms with Crippen LogP contribution in [-0.4, -0.2) is 19.6 Å². The van der Waals surface area contributed by atoms with E-state index in [1.54, 1.807) is 0 Å². The summed E-state index contributed by atoms with van der Waals surface area (Å²) in [5.74, 6) is 0. The van der Waals surface area contributed by atoms with Gasteiger partial charge in [-0.1, -0.05) is 36.0 Å². The van der Waals surface area contributed by atoms with Crippen LogP contribution >= 0.6 is 11.8 Å². The van der Waals surface area contributed by atoms with Crippen LogP contribution in [0.4, 0.5) is 11.4 Å². The highest BCUT2D eigenvalue weighted by molar-refractivity contribution is 7.99. The maximum atomic E-state index is 4.65. The molecule has 1 N–H and O–H groups in total. The summed E-state index contributed by atoms with van der Waals surface area (Å²) in [5, 5.41) is 3.42. The van der Waals surface area contributed by atoms with E-state index in [0.29, 0.717) is 0 Å². The SMILES string of the molecule is C1=NCCO1.c1ccc2c(c1)Nc1ccccc1S2. The molecule has 0 unspecified atom stereocenters. The number of aliphatic imine (C=N–C) groups is 1. The summed E-state index contributed by atoms with van der Waals surface area (Å²) in [7, 11) is 0. The molecule has 0 amide bonds. The molecule has 3 nitrogen and oxygen atoms in total. The Morgan fingerprint density at radius 3 is 2.05 bits per heavy atom. The molecule has 0 radical (unpaired) electrons. The molecule has 96 valence electrons. The van der Waals surface area contributed by atoms with Gasteiger partial charge in [-0.15, -0.1) is 0 Å². The number of anilines is 2. The fourth-order valence-corrected chi connectivity index (χ4v) is 2.83. The van der Waals surface area contributed by atoms with Gasteiger partial charge in [0.1, 0.15) is 6.61 Å². The summed E-state index contributed by atoms with van der Waals surface area (Å²) in [6, 6.07) is 16.8. The van der Waals surface area contributed by atoms with Crippen molar-refractivity contribution in [3.8, 4) is 0 Å². The van der Waals surface area contributed by atoms with E-state index < -0.39 is 0 Å². The predicted molar refractivity (Wildman–Crippen MR) is 79.6 cm³/mol. The van der Waals surface area contributed by atoms with Crippen LogP contribution in [0, 0.1) is 0 Å². The van der Waals surface area contributed by atoms with Crippen molar-refractivity contribution in [2.24, 2.45) is 4.99 Å². The summed E-state index contributed by atoms with van der Waals surface area (Å²) in [5.41, 5.74) is 2.41. The molecule has 0 atom stereocenters. The third-order valence-corrected chi connectivity index (χ3v) is 3.90. The van der Waals surface area contributed by atoms with Crippen LogP contribution < -0.4 is 5.32 Å². The Balaban J connectivity index is 0.000000187. The minimum atomic E-state index is 0.778. The minimum Gasteiger partial charge on any atom is -0.482 e. The molecule has 19 heavy (non-hydrogen) atoms. The predicted octanol–water partition coefficient (Wildman–Crippen LogP) is 3.94. The average molecular weight is 270 g/mol. The molecule has 2 aliphatic rings. The minimum absolute atomic E-state index is 0.778. The zero-order valence-electron chi connectivity index (χ0n) is 10.4. The van der Waals surface area contributed by atoms with Crippen LogP contribution in [0.5, 0.6) is 0 Å². The zero-order valence-corrected chi connectivity index (χ0v) is 11.2. The topological polar surface area (TPSA) is 33.6 Å². The van der Waals surface area contributed by atoms with Gasteiger partial charge >= 0.3 is 0 Å². The molecule has 2 aromatic carbocycles. The average Bonchev–Trinajstić information content (AvgIpc) is 3.04. The number of para-hydroxylation sites is 2. The van der Waals surface area contributed by atoms with Gasteiger partial charge in [-0.05, 0) is 24.3 Å². The first kappa shape index (κ1) is 12.1. The van der Waals surface area contributed by atoms with Crippen molar-refractivity contribution in [3.05, 3.63) is 48.5 Å². The highest BCUT2D eigenvalue weighted by Crippen LogP contribution is 2.43. The number of fused-ring (bicyclic) bond motifs is 2. The second kappa shape index (κ2) is 5.80. The molecule has 4 heteroatoms. The van der Waals surface area contributed by atoms with Gasteiger partial charge in [0.05, 0.1) is 17.9 Å². The van der Waals surface area contributed by atoms with E-state index in [0.717, 1.165) is 13.2 Å². The van der Waals surface area contributed by atoms with Crippen molar-refractivity contribution >= 4 is 29.5 Å². The molecule has 0 saturated carbocycles. The summed E-state index contributed by atoms with van der Waals surface area (Å²) in [4.78, 5) is 6.33. The van der Waals surface area contributed by atoms with Crippen LogP contribution in [0.3, 0.4) is 0 Å². The summed E-state index contributed by atoms with van der Waals surface area (Å²) in [6.45, 7) is 1.62. The first-order valence-electron chi connectivity index (χ1n) is 6.16. The second-order valence-corrected chi connectivity index (χ2v) is 5.19. The highest BCUT2D eigenvalue weighted by atomic mass is 32.2. The normalized spacial score (nSPS) is 14.3. The van der Waals surface area contributed by atoms with E-state index in [4.69, 9.17) is 0 Å². The van der Waals surface area contributed by atoms with Crippen LogP contribution in [0.1, 0.15) is 0 Å². The maximum absolute atomic E-state index is 4.65. The summed E-state index contributed by atoms with van der Waals surface area (Å²) >= 11 is 1.82. The maximum Gasteiger partial charge on any atom is 0.169 e. The number of nitrogens with zero attached hydrogens (tertiary/aromatic N) is 1. The molecule has 0 bridgehead atoms. The van der Waals surface area contributed by atoms with E-state index in [9.17, 15) is 0 Å². The lowest BCUT2D eigenvalue weighted by Crippen LogP contribution is -1.98. The first-order valence-corrected chi connectivity index (χ1v) is 6.98. The fraction of sp³-hybridized carbons (Fsp3) is 0.133. The van der Waals surface area contributed by atoms with Gasteiger partial charge in [0.15, 0.2) is 6.40 Å². The molecular weight excluding hydrogens is 256 g/mol. The number of benzene rings is 2. The fourth-order valence-electron chi connectivity index (χ4n) is 1.84. The standard InChI is InChI=1S/C12H9NS.C3H5NO/c1-3-7-11-9(5-1)13-10-6-2-4-8-12(10)14-11;1-2-5-3-4-1/h1-8,13H;3H,1-2H2. The van der Waals surface area contributed by atoms with Gasteiger partial charge in [0.2, 0.25) is 0 Å².